The second-order valence-electron chi connectivity index (χ2n) is 2.82. The first-order valence-corrected chi connectivity index (χ1v) is 5.91. The number of nitrogens with one attached hydrogen (secondary N) is 1. The minimum absolute atomic E-state index is 0.399. The van der Waals surface area contributed by atoms with E-state index in [1.165, 1.54) is 18.9 Å². The molecule has 92 valence electrons. The first-order chi connectivity index (χ1) is 7.56. The van der Waals surface area contributed by atoms with E-state index in [9.17, 15) is 14.4 Å². The normalized spacial score (nSPS) is 11.4. The van der Waals surface area contributed by atoms with E-state index in [1.807, 2.05) is 6.26 Å². The van der Waals surface area contributed by atoms with Crippen molar-refractivity contribution in [3.8, 4) is 0 Å². The second kappa shape index (κ2) is 7.98. The quantitative estimate of drug-likeness (QED) is 0.526. The van der Waals surface area contributed by atoms with Crippen LogP contribution in [-0.2, 0) is 23.9 Å². The molecule has 7 heteroatoms. The molecule has 0 spiro atoms. The summed E-state index contributed by atoms with van der Waals surface area (Å²) >= 11 is 1.52. The van der Waals surface area contributed by atoms with Crippen LogP contribution >= 0.6 is 11.8 Å². The summed E-state index contributed by atoms with van der Waals surface area (Å²) in [6.07, 6.45) is 2.27. The average molecular weight is 249 g/mol. The van der Waals surface area contributed by atoms with Crippen molar-refractivity contribution >= 4 is 29.6 Å². The van der Waals surface area contributed by atoms with Gasteiger partial charge in [0.15, 0.2) is 0 Å². The van der Waals surface area contributed by atoms with Crippen molar-refractivity contribution in [2.24, 2.45) is 0 Å². The number of hydrogen-bond donors (Lipinski definition) is 1. The molecular weight excluding hydrogens is 234 g/mol. The average Bonchev–Trinajstić information content (AvgIpc) is 2.31. The molecule has 0 radical (unpaired) electrons. The summed E-state index contributed by atoms with van der Waals surface area (Å²) in [4.78, 5) is 33.3. The highest BCUT2D eigenvalue weighted by Gasteiger charge is 2.24. The number of esters is 2. The summed E-state index contributed by atoms with van der Waals surface area (Å²) in [5.74, 6) is -1.88. The smallest absolute Gasteiger partial charge is 0.396 e. The Hall–Kier alpha value is -1.24. The predicted molar refractivity (Wildman–Crippen MR) is 59.0 cm³/mol. The highest BCUT2D eigenvalue weighted by molar-refractivity contribution is 7.98. The molecule has 1 atom stereocenters. The molecule has 0 aliphatic heterocycles. The molecule has 0 saturated heterocycles. The van der Waals surface area contributed by atoms with Crippen LogP contribution in [0.2, 0.25) is 0 Å². The molecule has 0 bridgehead atoms. The van der Waals surface area contributed by atoms with Crippen LogP contribution in [0.25, 0.3) is 0 Å². The molecule has 0 heterocycles. The van der Waals surface area contributed by atoms with Crippen LogP contribution in [0.15, 0.2) is 0 Å². The first-order valence-electron chi connectivity index (χ1n) is 4.52. The molecular formula is C9H15NO5S. The molecule has 0 aliphatic rings. The third-order valence-electron chi connectivity index (χ3n) is 1.77. The summed E-state index contributed by atoms with van der Waals surface area (Å²) in [6, 6.07) is -0.816. The molecule has 0 saturated carbocycles. The fraction of sp³-hybridized carbons (Fsp3) is 0.667. The van der Waals surface area contributed by atoms with Gasteiger partial charge in [0.25, 0.3) is 0 Å². The van der Waals surface area contributed by atoms with E-state index in [0.717, 1.165) is 7.11 Å². The number of rotatable bonds is 5. The molecule has 0 aromatic rings. The largest absolute Gasteiger partial charge is 0.467 e. The van der Waals surface area contributed by atoms with Gasteiger partial charge in [-0.25, -0.2) is 9.59 Å². The minimum Gasteiger partial charge on any atom is -0.467 e. The van der Waals surface area contributed by atoms with Crippen molar-refractivity contribution < 1.29 is 23.9 Å². The van der Waals surface area contributed by atoms with Crippen LogP contribution in [0, 0.1) is 0 Å². The molecule has 1 amide bonds. The van der Waals surface area contributed by atoms with Gasteiger partial charge in [-0.2, -0.15) is 11.8 Å². The van der Waals surface area contributed by atoms with Crippen molar-refractivity contribution in [2.75, 3.05) is 26.2 Å². The number of hydrogen-bond acceptors (Lipinski definition) is 6. The Labute approximate surface area is 98.0 Å². The molecule has 0 aromatic carbocycles. The number of methoxy groups -OCH3 is 2. The molecule has 1 N–H and O–H groups in total. The van der Waals surface area contributed by atoms with E-state index in [2.05, 4.69) is 14.8 Å². The van der Waals surface area contributed by atoms with Crippen LogP contribution in [0.5, 0.6) is 0 Å². The van der Waals surface area contributed by atoms with E-state index in [1.54, 1.807) is 0 Å². The monoisotopic (exact) mass is 249 g/mol. The van der Waals surface area contributed by atoms with Crippen molar-refractivity contribution in [1.82, 2.24) is 5.32 Å². The number of carbonyl (C=O) groups excluding carboxylic acids is 3. The maximum Gasteiger partial charge on any atom is 0.396 e. The fourth-order valence-electron chi connectivity index (χ4n) is 0.937. The van der Waals surface area contributed by atoms with Gasteiger partial charge in [0.05, 0.1) is 14.2 Å². The van der Waals surface area contributed by atoms with Gasteiger partial charge in [-0.15, -0.1) is 0 Å². The van der Waals surface area contributed by atoms with Gasteiger partial charge in [-0.1, -0.05) is 0 Å². The highest BCUT2D eigenvalue weighted by Crippen LogP contribution is 2.02. The van der Waals surface area contributed by atoms with E-state index in [4.69, 9.17) is 0 Å². The standard InChI is InChI=1S/C9H15NO5S/c1-14-8(12)6(4-5-16-3)10-7(11)9(13)15-2/h6H,4-5H2,1-3H3,(H,10,11)/t6-/m0/s1. The first kappa shape index (κ1) is 14.8. The number of amides is 1. The lowest BCUT2D eigenvalue weighted by atomic mass is 10.2. The molecule has 16 heavy (non-hydrogen) atoms. The fourth-order valence-corrected chi connectivity index (χ4v) is 1.41. The molecule has 0 fully saturated rings. The number of thioether (sulfide) groups is 1. The van der Waals surface area contributed by atoms with Gasteiger partial charge in [0, 0.05) is 0 Å². The minimum atomic E-state index is -1.03. The third kappa shape index (κ3) is 5.01. The Morgan fingerprint density at radius 3 is 2.31 bits per heavy atom. The Morgan fingerprint density at radius 2 is 1.88 bits per heavy atom. The van der Waals surface area contributed by atoms with E-state index in [-0.39, 0.29) is 0 Å². The predicted octanol–water partition coefficient (Wildman–Crippen LogP) is -0.430. The van der Waals surface area contributed by atoms with Gasteiger partial charge in [-0.3, -0.25) is 4.79 Å². The van der Waals surface area contributed by atoms with Gasteiger partial charge in [0.1, 0.15) is 6.04 Å². The topological polar surface area (TPSA) is 81.7 Å². The zero-order valence-corrected chi connectivity index (χ0v) is 10.3. The van der Waals surface area contributed by atoms with Crippen molar-refractivity contribution in [3.63, 3.8) is 0 Å². The van der Waals surface area contributed by atoms with Crippen LogP contribution in [0.1, 0.15) is 6.42 Å². The van der Waals surface area contributed by atoms with Crippen molar-refractivity contribution in [3.05, 3.63) is 0 Å². The SMILES string of the molecule is COC(=O)C(=O)N[C@@H](CCSC)C(=O)OC. The lowest BCUT2D eigenvalue weighted by Gasteiger charge is -2.14. The Balaban J connectivity index is 4.35. The van der Waals surface area contributed by atoms with E-state index >= 15 is 0 Å². The molecule has 0 aliphatic carbocycles. The van der Waals surface area contributed by atoms with Crippen LogP contribution < -0.4 is 5.32 Å². The molecule has 0 unspecified atom stereocenters. The zero-order chi connectivity index (χ0) is 12.6. The summed E-state index contributed by atoms with van der Waals surface area (Å²) in [5, 5.41) is 2.25. The van der Waals surface area contributed by atoms with Crippen LogP contribution in [-0.4, -0.2) is 50.1 Å². The lowest BCUT2D eigenvalue weighted by molar-refractivity contribution is -0.154. The molecule has 0 aromatic heterocycles. The van der Waals surface area contributed by atoms with Gasteiger partial charge in [-0.05, 0) is 18.4 Å². The molecule has 0 rings (SSSR count). The third-order valence-corrected chi connectivity index (χ3v) is 2.42. The molecule has 6 nitrogen and oxygen atoms in total. The summed E-state index contributed by atoms with van der Waals surface area (Å²) in [6.45, 7) is 0. The maximum atomic E-state index is 11.3. The Kier molecular flexibility index (Phi) is 7.36. The highest BCUT2D eigenvalue weighted by atomic mass is 32.2. The number of ether oxygens (including phenoxy) is 2. The van der Waals surface area contributed by atoms with E-state index < -0.39 is 23.9 Å². The van der Waals surface area contributed by atoms with Crippen molar-refractivity contribution in [1.29, 1.82) is 0 Å². The van der Waals surface area contributed by atoms with Gasteiger partial charge < -0.3 is 14.8 Å². The Bertz CT molecular complexity index is 269. The summed E-state index contributed by atoms with van der Waals surface area (Å²) in [7, 11) is 2.32. The summed E-state index contributed by atoms with van der Waals surface area (Å²) < 4.78 is 8.73. The Morgan fingerprint density at radius 1 is 1.25 bits per heavy atom. The van der Waals surface area contributed by atoms with Crippen molar-refractivity contribution in [2.45, 2.75) is 12.5 Å². The number of carbonyl (C=O) groups is 3. The second-order valence-corrected chi connectivity index (χ2v) is 3.81. The van der Waals surface area contributed by atoms with Crippen LogP contribution in [0.3, 0.4) is 0 Å². The van der Waals surface area contributed by atoms with Gasteiger partial charge >= 0.3 is 17.8 Å². The van der Waals surface area contributed by atoms with Gasteiger partial charge in [0.2, 0.25) is 0 Å². The summed E-state index contributed by atoms with van der Waals surface area (Å²) in [5.41, 5.74) is 0. The lowest BCUT2D eigenvalue weighted by Crippen LogP contribution is -2.45. The maximum absolute atomic E-state index is 11.3. The van der Waals surface area contributed by atoms with E-state index in [0.29, 0.717) is 12.2 Å². The zero-order valence-electron chi connectivity index (χ0n) is 9.44. The van der Waals surface area contributed by atoms with Crippen LogP contribution in [0.4, 0.5) is 0 Å².